The Morgan fingerprint density at radius 3 is 2.44 bits per heavy atom. The Balaban J connectivity index is 2.17. The van der Waals surface area contributed by atoms with Crippen LogP contribution in [-0.4, -0.2) is 4.75 Å². The normalized spacial score (nSPS) is 20.9. The number of benzene rings is 1. The van der Waals surface area contributed by atoms with E-state index in [1.54, 1.807) is 11.8 Å². The summed E-state index contributed by atoms with van der Waals surface area (Å²) in [5, 5.41) is 10.0. The van der Waals surface area contributed by atoms with Crippen LogP contribution in [0.3, 0.4) is 0 Å². The lowest BCUT2D eigenvalue weighted by molar-refractivity contribution is 0.162. The molecular weight excluding hydrogens is 238 g/mol. The van der Waals surface area contributed by atoms with Gasteiger partial charge < -0.3 is 0 Å². The molecule has 0 amide bonds. The zero-order valence-corrected chi connectivity index (χ0v) is 11.0. The third kappa shape index (κ3) is 2.21. The number of hydrogen-bond acceptors (Lipinski definition) is 2. The number of thioether (sulfide) groups is 1. The predicted octanol–water partition coefficient (Wildman–Crippen LogP) is 4.51. The van der Waals surface area contributed by atoms with Gasteiger partial charge in [-0.3, -0.25) is 0 Å². The maximum absolute atomic E-state index is 9.31. The summed E-state index contributed by atoms with van der Waals surface area (Å²) in [6.07, 6.45) is 1.87. The van der Waals surface area contributed by atoms with Crippen LogP contribution < -0.4 is 0 Å². The lowest BCUT2D eigenvalue weighted by atomic mass is 9.64. The summed E-state index contributed by atoms with van der Waals surface area (Å²) in [7, 11) is 0. The van der Waals surface area contributed by atoms with E-state index in [1.165, 1.54) is 0 Å². The van der Waals surface area contributed by atoms with Gasteiger partial charge in [-0.25, -0.2) is 0 Å². The molecule has 0 aliphatic heterocycles. The van der Waals surface area contributed by atoms with Crippen LogP contribution >= 0.6 is 23.4 Å². The van der Waals surface area contributed by atoms with Crippen LogP contribution in [0.2, 0.25) is 5.02 Å². The molecule has 0 unspecified atom stereocenters. The Hall–Kier alpha value is -0.650. The molecule has 0 spiro atoms. The first-order valence-electron chi connectivity index (χ1n) is 5.31. The van der Waals surface area contributed by atoms with Crippen molar-refractivity contribution < 1.29 is 0 Å². The van der Waals surface area contributed by atoms with Crippen molar-refractivity contribution in [3.63, 3.8) is 0 Å². The monoisotopic (exact) mass is 251 g/mol. The Bertz CT molecular complexity index is 439. The number of rotatable bonds is 2. The molecule has 1 aliphatic rings. The van der Waals surface area contributed by atoms with Crippen LogP contribution in [0.4, 0.5) is 0 Å². The first-order valence-corrected chi connectivity index (χ1v) is 6.51. The van der Waals surface area contributed by atoms with Crippen molar-refractivity contribution in [2.24, 2.45) is 5.41 Å². The van der Waals surface area contributed by atoms with Crippen molar-refractivity contribution in [3.8, 4) is 6.07 Å². The van der Waals surface area contributed by atoms with E-state index in [9.17, 15) is 5.26 Å². The highest BCUT2D eigenvalue weighted by molar-refractivity contribution is 8.01. The molecule has 0 atom stereocenters. The quantitative estimate of drug-likeness (QED) is 0.772. The molecule has 0 radical (unpaired) electrons. The van der Waals surface area contributed by atoms with E-state index in [0.717, 1.165) is 22.8 Å². The number of halogens is 1. The third-order valence-electron chi connectivity index (χ3n) is 2.87. The number of nitriles is 1. The van der Waals surface area contributed by atoms with E-state index in [0.29, 0.717) is 5.41 Å². The van der Waals surface area contributed by atoms with Crippen molar-refractivity contribution in [2.45, 2.75) is 36.3 Å². The summed E-state index contributed by atoms with van der Waals surface area (Å²) in [4.78, 5) is 1.02. The van der Waals surface area contributed by atoms with E-state index < -0.39 is 0 Å². The molecule has 0 bridgehead atoms. The summed E-state index contributed by atoms with van der Waals surface area (Å²) in [5.74, 6) is 0. The minimum Gasteiger partial charge on any atom is -0.197 e. The van der Waals surface area contributed by atoms with Gasteiger partial charge in [-0.05, 0) is 30.4 Å². The van der Waals surface area contributed by atoms with E-state index in [4.69, 9.17) is 11.6 Å². The summed E-state index contributed by atoms with van der Waals surface area (Å²) in [6.45, 7) is 4.41. The molecule has 0 aromatic heterocycles. The second-order valence-corrected chi connectivity index (χ2v) is 6.99. The van der Waals surface area contributed by atoms with Crippen LogP contribution in [0.5, 0.6) is 0 Å². The molecule has 2 rings (SSSR count). The summed E-state index contributed by atoms with van der Waals surface area (Å²) >= 11 is 7.72. The van der Waals surface area contributed by atoms with Gasteiger partial charge in [0.15, 0.2) is 0 Å². The molecule has 0 heterocycles. The second kappa shape index (κ2) is 3.98. The highest BCUT2D eigenvalue weighted by Gasteiger charge is 2.50. The van der Waals surface area contributed by atoms with Gasteiger partial charge in [-0.1, -0.05) is 37.6 Å². The van der Waals surface area contributed by atoms with Gasteiger partial charge >= 0.3 is 0 Å². The van der Waals surface area contributed by atoms with Crippen molar-refractivity contribution >= 4 is 23.4 Å². The fourth-order valence-corrected chi connectivity index (χ4v) is 4.36. The zero-order chi connectivity index (χ0) is 11.8. The van der Waals surface area contributed by atoms with E-state index >= 15 is 0 Å². The molecule has 0 N–H and O–H groups in total. The summed E-state index contributed by atoms with van der Waals surface area (Å²) in [5.41, 5.74) is 0.296. The van der Waals surface area contributed by atoms with Gasteiger partial charge in [-0.15, -0.1) is 11.8 Å². The molecular formula is C13H14ClNS. The van der Waals surface area contributed by atoms with E-state index in [1.807, 2.05) is 24.3 Å². The highest BCUT2D eigenvalue weighted by atomic mass is 35.5. The molecule has 1 saturated carbocycles. The standard InChI is InChI=1S/C13H14ClNS/c1-12(2)7-13(8-12,9-15)16-11-6-4-3-5-10(11)14/h3-6H,7-8H2,1-2H3. The summed E-state index contributed by atoms with van der Waals surface area (Å²) < 4.78 is -0.269. The van der Waals surface area contributed by atoms with Crippen molar-refractivity contribution in [1.29, 1.82) is 5.26 Å². The third-order valence-corrected chi connectivity index (χ3v) is 4.66. The van der Waals surface area contributed by atoms with Gasteiger partial charge in [0.25, 0.3) is 0 Å². The molecule has 0 saturated heterocycles. The van der Waals surface area contributed by atoms with E-state index in [2.05, 4.69) is 19.9 Å². The minimum atomic E-state index is -0.269. The molecule has 1 aliphatic carbocycles. The molecule has 1 aromatic rings. The fraction of sp³-hybridized carbons (Fsp3) is 0.462. The first-order chi connectivity index (χ1) is 7.46. The molecule has 1 aromatic carbocycles. The molecule has 3 heteroatoms. The number of hydrogen-bond donors (Lipinski definition) is 0. The lowest BCUT2D eigenvalue weighted by Gasteiger charge is -2.48. The Kier molecular flexibility index (Phi) is 2.94. The second-order valence-electron chi connectivity index (χ2n) is 5.16. The highest BCUT2D eigenvalue weighted by Crippen LogP contribution is 2.57. The van der Waals surface area contributed by atoms with Crippen molar-refractivity contribution in [3.05, 3.63) is 29.3 Å². The van der Waals surface area contributed by atoms with Crippen molar-refractivity contribution in [1.82, 2.24) is 0 Å². The van der Waals surface area contributed by atoms with Crippen LogP contribution in [0.25, 0.3) is 0 Å². The predicted molar refractivity (Wildman–Crippen MR) is 68.7 cm³/mol. The molecule has 1 nitrogen and oxygen atoms in total. The minimum absolute atomic E-state index is 0.269. The fourth-order valence-electron chi connectivity index (χ4n) is 2.41. The molecule has 1 fully saturated rings. The lowest BCUT2D eigenvalue weighted by Crippen LogP contribution is -2.45. The zero-order valence-electron chi connectivity index (χ0n) is 9.46. The van der Waals surface area contributed by atoms with Gasteiger partial charge in [0, 0.05) is 4.90 Å². The first kappa shape index (κ1) is 11.8. The maximum Gasteiger partial charge on any atom is 0.108 e. The molecule has 84 valence electrons. The van der Waals surface area contributed by atoms with Crippen LogP contribution in [-0.2, 0) is 0 Å². The van der Waals surface area contributed by atoms with Gasteiger partial charge in [0.05, 0.1) is 11.1 Å². The Labute approximate surface area is 106 Å². The average Bonchev–Trinajstić information content (AvgIpc) is 2.18. The van der Waals surface area contributed by atoms with Crippen LogP contribution in [0.1, 0.15) is 26.7 Å². The number of nitrogens with zero attached hydrogens (tertiary/aromatic N) is 1. The van der Waals surface area contributed by atoms with Crippen molar-refractivity contribution in [2.75, 3.05) is 0 Å². The molecule has 16 heavy (non-hydrogen) atoms. The largest absolute Gasteiger partial charge is 0.197 e. The average molecular weight is 252 g/mol. The van der Waals surface area contributed by atoms with Crippen LogP contribution in [0.15, 0.2) is 29.2 Å². The SMILES string of the molecule is CC1(C)CC(C#N)(Sc2ccccc2Cl)C1. The van der Waals surface area contributed by atoms with Gasteiger partial charge in [0.2, 0.25) is 0 Å². The van der Waals surface area contributed by atoms with Gasteiger partial charge in [0.1, 0.15) is 4.75 Å². The Morgan fingerprint density at radius 2 is 1.94 bits per heavy atom. The maximum atomic E-state index is 9.31. The van der Waals surface area contributed by atoms with E-state index in [-0.39, 0.29) is 4.75 Å². The van der Waals surface area contributed by atoms with Gasteiger partial charge in [-0.2, -0.15) is 5.26 Å². The smallest absolute Gasteiger partial charge is 0.108 e. The Morgan fingerprint density at radius 1 is 1.31 bits per heavy atom. The topological polar surface area (TPSA) is 23.8 Å². The van der Waals surface area contributed by atoms with Crippen LogP contribution in [0, 0.1) is 16.7 Å². The summed E-state index contributed by atoms with van der Waals surface area (Å²) in [6, 6.07) is 10.2.